The summed E-state index contributed by atoms with van der Waals surface area (Å²) >= 11 is 6.02. The smallest absolute Gasteiger partial charge is 0.271 e. The van der Waals surface area contributed by atoms with Crippen molar-refractivity contribution in [3.8, 4) is 0 Å². The fraction of sp³-hybridized carbons (Fsp3) is 0.571. The average molecular weight is 284 g/mol. The van der Waals surface area contributed by atoms with Crippen molar-refractivity contribution >= 4 is 23.3 Å². The number of amides is 1. The normalized spacial score (nSPS) is 10.6. The van der Waals surface area contributed by atoms with Gasteiger partial charge in [0.1, 0.15) is 11.5 Å². The molecule has 0 unspecified atom stereocenters. The lowest BCUT2D eigenvalue weighted by atomic mass is 10.1. The maximum Gasteiger partial charge on any atom is 0.271 e. The number of pyridine rings is 1. The second kappa shape index (κ2) is 8.00. The number of hydrogen-bond donors (Lipinski definition) is 2. The van der Waals surface area contributed by atoms with Crippen LogP contribution in [0, 0.1) is 5.92 Å². The van der Waals surface area contributed by atoms with E-state index < -0.39 is 0 Å². The van der Waals surface area contributed by atoms with Gasteiger partial charge in [0, 0.05) is 13.1 Å². The first kappa shape index (κ1) is 15.8. The fourth-order valence-corrected chi connectivity index (χ4v) is 1.70. The summed E-state index contributed by atoms with van der Waals surface area (Å²) in [6, 6.07) is 3.48. The van der Waals surface area contributed by atoms with Gasteiger partial charge in [-0.25, -0.2) is 4.98 Å². The largest absolute Gasteiger partial charge is 0.370 e. The summed E-state index contributed by atoms with van der Waals surface area (Å²) < 4.78 is 0. The molecule has 0 bridgehead atoms. The third-order valence-corrected chi connectivity index (χ3v) is 2.93. The van der Waals surface area contributed by atoms with E-state index in [2.05, 4.69) is 36.4 Å². The van der Waals surface area contributed by atoms with E-state index >= 15 is 0 Å². The van der Waals surface area contributed by atoms with Crippen molar-refractivity contribution in [1.29, 1.82) is 0 Å². The molecule has 0 saturated carbocycles. The number of hydrogen-bond acceptors (Lipinski definition) is 3. The minimum absolute atomic E-state index is 0.217. The maximum atomic E-state index is 12.0. The quantitative estimate of drug-likeness (QED) is 0.807. The lowest BCUT2D eigenvalue weighted by molar-refractivity contribution is 0.0947. The third kappa shape index (κ3) is 5.47. The molecule has 0 spiro atoms. The Labute approximate surface area is 120 Å². The lowest BCUT2D eigenvalue weighted by Gasteiger charge is -2.10. The Kier molecular flexibility index (Phi) is 6.64. The zero-order valence-corrected chi connectivity index (χ0v) is 12.5. The molecule has 0 aliphatic heterocycles. The van der Waals surface area contributed by atoms with Gasteiger partial charge in [-0.05, 0) is 30.9 Å². The minimum Gasteiger partial charge on any atom is -0.370 e. The number of halogens is 1. The highest BCUT2D eigenvalue weighted by atomic mass is 35.5. The van der Waals surface area contributed by atoms with Crippen LogP contribution in [-0.4, -0.2) is 24.0 Å². The van der Waals surface area contributed by atoms with Gasteiger partial charge >= 0.3 is 0 Å². The van der Waals surface area contributed by atoms with Crippen molar-refractivity contribution in [1.82, 2.24) is 10.3 Å². The monoisotopic (exact) mass is 283 g/mol. The lowest BCUT2D eigenvalue weighted by Crippen LogP contribution is -2.26. The highest BCUT2D eigenvalue weighted by molar-refractivity contribution is 6.33. The first-order valence-corrected chi connectivity index (χ1v) is 7.11. The van der Waals surface area contributed by atoms with Crippen LogP contribution in [-0.2, 0) is 0 Å². The summed E-state index contributed by atoms with van der Waals surface area (Å²) in [6.07, 6.45) is 1.94. The van der Waals surface area contributed by atoms with Crippen molar-refractivity contribution < 1.29 is 4.79 Å². The standard InChI is InChI=1S/C14H22ClN3O/c1-4-8-16-12-6-5-11(15)13(18-12)14(19)17-9-7-10(2)3/h5-6,10H,4,7-9H2,1-3H3,(H,16,18)(H,17,19). The number of carbonyl (C=O) groups is 1. The van der Waals surface area contributed by atoms with Gasteiger partial charge in [0.15, 0.2) is 0 Å². The van der Waals surface area contributed by atoms with Crippen molar-refractivity contribution in [2.75, 3.05) is 18.4 Å². The van der Waals surface area contributed by atoms with Gasteiger partial charge in [-0.3, -0.25) is 4.79 Å². The van der Waals surface area contributed by atoms with E-state index in [0.29, 0.717) is 23.3 Å². The van der Waals surface area contributed by atoms with Crippen LogP contribution in [0.2, 0.25) is 5.02 Å². The Bertz CT molecular complexity index is 421. The molecule has 1 aromatic rings. The molecule has 4 nitrogen and oxygen atoms in total. The first-order chi connectivity index (χ1) is 9.04. The SMILES string of the molecule is CCCNc1ccc(Cl)c(C(=O)NCCC(C)C)n1. The molecule has 0 aliphatic carbocycles. The molecule has 106 valence electrons. The minimum atomic E-state index is -0.217. The van der Waals surface area contributed by atoms with E-state index in [1.54, 1.807) is 12.1 Å². The van der Waals surface area contributed by atoms with E-state index in [1.807, 2.05) is 0 Å². The van der Waals surface area contributed by atoms with Gasteiger partial charge in [-0.15, -0.1) is 0 Å². The predicted molar refractivity (Wildman–Crippen MR) is 79.8 cm³/mol. The number of carbonyl (C=O) groups excluding carboxylic acids is 1. The van der Waals surface area contributed by atoms with Crippen molar-refractivity contribution in [3.63, 3.8) is 0 Å². The van der Waals surface area contributed by atoms with Gasteiger partial charge in [0.25, 0.3) is 5.91 Å². The van der Waals surface area contributed by atoms with Gasteiger partial charge < -0.3 is 10.6 Å². The summed E-state index contributed by atoms with van der Waals surface area (Å²) in [5.74, 6) is 1.02. The van der Waals surface area contributed by atoms with Crippen molar-refractivity contribution in [2.24, 2.45) is 5.92 Å². The molecule has 1 aromatic heterocycles. The summed E-state index contributed by atoms with van der Waals surface area (Å²) in [5, 5.41) is 6.36. The number of nitrogens with zero attached hydrogens (tertiary/aromatic N) is 1. The van der Waals surface area contributed by atoms with Crippen LogP contribution in [0.15, 0.2) is 12.1 Å². The second-order valence-corrected chi connectivity index (χ2v) is 5.30. The Balaban J connectivity index is 2.66. The molecule has 5 heteroatoms. The molecular weight excluding hydrogens is 262 g/mol. The van der Waals surface area contributed by atoms with E-state index in [1.165, 1.54) is 0 Å². The molecule has 0 atom stereocenters. The van der Waals surface area contributed by atoms with Crippen LogP contribution in [0.1, 0.15) is 44.1 Å². The zero-order valence-electron chi connectivity index (χ0n) is 11.8. The van der Waals surface area contributed by atoms with Crippen LogP contribution in [0.5, 0.6) is 0 Å². The topological polar surface area (TPSA) is 54.0 Å². The van der Waals surface area contributed by atoms with Crippen LogP contribution < -0.4 is 10.6 Å². The Morgan fingerprint density at radius 3 is 2.74 bits per heavy atom. The first-order valence-electron chi connectivity index (χ1n) is 6.73. The number of rotatable bonds is 7. The second-order valence-electron chi connectivity index (χ2n) is 4.89. The molecule has 2 N–H and O–H groups in total. The van der Waals surface area contributed by atoms with Gasteiger partial charge in [0.05, 0.1) is 5.02 Å². The summed E-state index contributed by atoms with van der Waals surface area (Å²) in [7, 11) is 0. The average Bonchev–Trinajstić information content (AvgIpc) is 2.37. The number of nitrogens with one attached hydrogen (secondary N) is 2. The van der Waals surface area contributed by atoms with Crippen molar-refractivity contribution in [2.45, 2.75) is 33.6 Å². The number of aromatic nitrogens is 1. The van der Waals surface area contributed by atoms with Crippen LogP contribution in [0.4, 0.5) is 5.82 Å². The van der Waals surface area contributed by atoms with E-state index in [4.69, 9.17) is 11.6 Å². The molecule has 0 saturated heterocycles. The molecular formula is C14H22ClN3O. The molecule has 19 heavy (non-hydrogen) atoms. The highest BCUT2D eigenvalue weighted by Gasteiger charge is 2.12. The Morgan fingerprint density at radius 2 is 2.11 bits per heavy atom. The molecule has 0 fully saturated rings. The van der Waals surface area contributed by atoms with E-state index in [-0.39, 0.29) is 11.6 Å². The van der Waals surface area contributed by atoms with Crippen molar-refractivity contribution in [3.05, 3.63) is 22.8 Å². The van der Waals surface area contributed by atoms with E-state index in [9.17, 15) is 4.79 Å². The Morgan fingerprint density at radius 1 is 1.37 bits per heavy atom. The van der Waals surface area contributed by atoms with Crippen LogP contribution in [0.3, 0.4) is 0 Å². The van der Waals surface area contributed by atoms with Gasteiger partial charge in [-0.1, -0.05) is 32.4 Å². The molecule has 1 amide bonds. The molecule has 0 aromatic carbocycles. The predicted octanol–water partition coefficient (Wildman–Crippen LogP) is 3.33. The van der Waals surface area contributed by atoms with Gasteiger partial charge in [-0.2, -0.15) is 0 Å². The summed E-state index contributed by atoms with van der Waals surface area (Å²) in [6.45, 7) is 7.77. The maximum absolute atomic E-state index is 12.0. The highest BCUT2D eigenvalue weighted by Crippen LogP contribution is 2.16. The van der Waals surface area contributed by atoms with Crippen LogP contribution in [0.25, 0.3) is 0 Å². The molecule has 0 radical (unpaired) electrons. The third-order valence-electron chi connectivity index (χ3n) is 2.62. The molecule has 1 heterocycles. The zero-order chi connectivity index (χ0) is 14.3. The summed E-state index contributed by atoms with van der Waals surface area (Å²) in [4.78, 5) is 16.2. The molecule has 0 aliphatic rings. The molecule has 1 rings (SSSR count). The Hall–Kier alpha value is -1.29. The van der Waals surface area contributed by atoms with Crippen LogP contribution >= 0.6 is 11.6 Å². The summed E-state index contributed by atoms with van der Waals surface area (Å²) in [5.41, 5.74) is 0.284. The van der Waals surface area contributed by atoms with E-state index in [0.717, 1.165) is 19.4 Å². The van der Waals surface area contributed by atoms with Gasteiger partial charge in [0.2, 0.25) is 0 Å². The fourth-order valence-electron chi connectivity index (χ4n) is 1.51. The number of anilines is 1.